The molecular weight excluding hydrogens is 368 g/mol. The minimum absolute atomic E-state index is 0.331. The third-order valence-electron chi connectivity index (χ3n) is 4.28. The molecule has 1 heterocycles. The number of nitrogens with zero attached hydrogens (tertiary/aromatic N) is 2. The Balaban J connectivity index is 1.64. The molecule has 0 unspecified atom stereocenters. The van der Waals surface area contributed by atoms with Gasteiger partial charge in [-0.25, -0.2) is 5.43 Å². The fourth-order valence-corrected chi connectivity index (χ4v) is 2.62. The van der Waals surface area contributed by atoms with Crippen LogP contribution in [0.25, 0.3) is 11.3 Å². The molecule has 150 valence electrons. The highest BCUT2D eigenvalue weighted by atomic mass is 16.5. The molecule has 7 heteroatoms. The molecule has 7 nitrogen and oxygen atoms in total. The molecule has 0 aliphatic rings. The number of aromatic amines is 1. The van der Waals surface area contributed by atoms with E-state index in [-0.39, 0.29) is 5.91 Å². The Hall–Kier alpha value is -3.61. The Kier molecular flexibility index (Phi) is 6.63. The number of benzene rings is 2. The minimum Gasteiger partial charge on any atom is -0.497 e. The van der Waals surface area contributed by atoms with Gasteiger partial charge in [0.25, 0.3) is 5.91 Å². The fourth-order valence-electron chi connectivity index (χ4n) is 2.62. The van der Waals surface area contributed by atoms with Gasteiger partial charge in [-0.2, -0.15) is 10.2 Å². The lowest BCUT2D eigenvalue weighted by atomic mass is 10.1. The third-order valence-corrected chi connectivity index (χ3v) is 4.28. The van der Waals surface area contributed by atoms with E-state index in [1.54, 1.807) is 13.2 Å². The van der Waals surface area contributed by atoms with Gasteiger partial charge in [0.2, 0.25) is 0 Å². The molecule has 3 aromatic rings. The summed E-state index contributed by atoms with van der Waals surface area (Å²) in [5.41, 5.74) is 6.02. The molecule has 0 spiro atoms. The maximum atomic E-state index is 12.4. The van der Waals surface area contributed by atoms with Crippen molar-refractivity contribution in [2.75, 3.05) is 13.7 Å². The molecule has 2 aromatic carbocycles. The van der Waals surface area contributed by atoms with Gasteiger partial charge in [-0.3, -0.25) is 9.89 Å². The molecule has 0 aliphatic carbocycles. The van der Waals surface area contributed by atoms with Gasteiger partial charge in [0, 0.05) is 5.56 Å². The first-order valence-electron chi connectivity index (χ1n) is 9.38. The molecule has 0 radical (unpaired) electrons. The molecule has 0 saturated heterocycles. The molecule has 0 aliphatic heterocycles. The lowest BCUT2D eigenvalue weighted by molar-refractivity contribution is 0.0950. The van der Waals surface area contributed by atoms with E-state index in [1.807, 2.05) is 55.5 Å². The lowest BCUT2D eigenvalue weighted by Crippen LogP contribution is -2.19. The van der Waals surface area contributed by atoms with Crippen LogP contribution >= 0.6 is 0 Å². The topological polar surface area (TPSA) is 88.6 Å². The Bertz CT molecular complexity index is 976. The van der Waals surface area contributed by atoms with Gasteiger partial charge < -0.3 is 9.47 Å². The molecule has 0 bridgehead atoms. The quantitative estimate of drug-likeness (QED) is 0.447. The number of nitrogens with one attached hydrogen (secondary N) is 2. The van der Waals surface area contributed by atoms with Gasteiger partial charge in [0.05, 0.1) is 25.1 Å². The number of hydrogen-bond acceptors (Lipinski definition) is 5. The SMILES string of the molecule is CCCOc1ccc(-c2cc(C(=O)N/N=C(/C)c3ccc(OC)cc3)[nH]n2)cc1. The number of carbonyl (C=O) groups is 1. The van der Waals surface area contributed by atoms with E-state index in [0.29, 0.717) is 23.7 Å². The van der Waals surface area contributed by atoms with E-state index in [2.05, 4.69) is 27.6 Å². The molecule has 1 amide bonds. The standard InChI is InChI=1S/C22H24N4O3/c1-4-13-29-19-11-7-17(8-12-19)20-14-21(25-24-20)22(27)26-23-15(2)16-5-9-18(28-3)10-6-16/h5-12,14H,4,13H2,1-3H3,(H,24,25)(H,26,27)/b23-15-. The summed E-state index contributed by atoms with van der Waals surface area (Å²) in [6, 6.07) is 16.7. The van der Waals surface area contributed by atoms with E-state index >= 15 is 0 Å². The van der Waals surface area contributed by atoms with Crippen LogP contribution in [0.1, 0.15) is 36.3 Å². The zero-order valence-electron chi connectivity index (χ0n) is 16.7. The van der Waals surface area contributed by atoms with Crippen molar-refractivity contribution in [1.82, 2.24) is 15.6 Å². The van der Waals surface area contributed by atoms with Crippen LogP contribution in [-0.4, -0.2) is 35.5 Å². The predicted octanol–water partition coefficient (Wildman–Crippen LogP) is 4.03. The first-order chi connectivity index (χ1) is 14.1. The number of carbonyl (C=O) groups excluding carboxylic acids is 1. The monoisotopic (exact) mass is 392 g/mol. The van der Waals surface area contributed by atoms with Crippen LogP contribution in [0.15, 0.2) is 59.7 Å². The highest BCUT2D eigenvalue weighted by Gasteiger charge is 2.11. The third kappa shape index (κ3) is 5.22. The van der Waals surface area contributed by atoms with Gasteiger partial charge in [-0.1, -0.05) is 6.92 Å². The Morgan fingerprint density at radius 3 is 2.45 bits per heavy atom. The number of aromatic nitrogens is 2. The lowest BCUT2D eigenvalue weighted by Gasteiger charge is -2.04. The second-order valence-corrected chi connectivity index (χ2v) is 6.41. The maximum absolute atomic E-state index is 12.4. The number of rotatable bonds is 8. The number of amides is 1. The highest BCUT2D eigenvalue weighted by molar-refractivity contribution is 6.00. The average molecular weight is 392 g/mol. The van der Waals surface area contributed by atoms with Crippen molar-refractivity contribution >= 4 is 11.6 Å². The summed E-state index contributed by atoms with van der Waals surface area (Å²) in [5, 5.41) is 11.1. The molecular formula is C22H24N4O3. The molecule has 0 saturated carbocycles. The summed E-state index contributed by atoms with van der Waals surface area (Å²) in [6.45, 7) is 4.57. The summed E-state index contributed by atoms with van der Waals surface area (Å²) >= 11 is 0. The van der Waals surface area contributed by atoms with Crippen LogP contribution < -0.4 is 14.9 Å². The van der Waals surface area contributed by atoms with Crippen LogP contribution in [0.3, 0.4) is 0 Å². The van der Waals surface area contributed by atoms with Crippen molar-refractivity contribution in [1.29, 1.82) is 0 Å². The summed E-state index contributed by atoms with van der Waals surface area (Å²) < 4.78 is 10.7. The number of H-pyrrole nitrogens is 1. The number of hydrazone groups is 1. The Morgan fingerprint density at radius 1 is 1.10 bits per heavy atom. The van der Waals surface area contributed by atoms with E-state index in [9.17, 15) is 4.79 Å². The van der Waals surface area contributed by atoms with Crippen LogP contribution in [0, 0.1) is 0 Å². The first-order valence-corrected chi connectivity index (χ1v) is 9.38. The second-order valence-electron chi connectivity index (χ2n) is 6.41. The molecule has 0 atom stereocenters. The normalized spacial score (nSPS) is 11.2. The molecule has 2 N–H and O–H groups in total. The van der Waals surface area contributed by atoms with E-state index < -0.39 is 0 Å². The zero-order chi connectivity index (χ0) is 20.6. The largest absolute Gasteiger partial charge is 0.497 e. The van der Waals surface area contributed by atoms with Gasteiger partial charge in [0.1, 0.15) is 17.2 Å². The number of ether oxygens (including phenoxy) is 2. The molecule has 29 heavy (non-hydrogen) atoms. The van der Waals surface area contributed by atoms with Crippen molar-refractivity contribution in [3.8, 4) is 22.8 Å². The minimum atomic E-state index is -0.362. The Morgan fingerprint density at radius 2 is 1.79 bits per heavy atom. The van der Waals surface area contributed by atoms with Crippen LogP contribution in [0.2, 0.25) is 0 Å². The summed E-state index contributed by atoms with van der Waals surface area (Å²) in [7, 11) is 1.61. The van der Waals surface area contributed by atoms with E-state index in [1.165, 1.54) is 0 Å². The number of hydrogen-bond donors (Lipinski definition) is 2. The summed E-state index contributed by atoms with van der Waals surface area (Å²) in [6.07, 6.45) is 0.958. The summed E-state index contributed by atoms with van der Waals surface area (Å²) in [5.74, 6) is 1.22. The average Bonchev–Trinajstić information content (AvgIpc) is 3.26. The van der Waals surface area contributed by atoms with Gasteiger partial charge in [-0.05, 0) is 73.5 Å². The highest BCUT2D eigenvalue weighted by Crippen LogP contribution is 2.21. The van der Waals surface area contributed by atoms with Gasteiger partial charge >= 0.3 is 0 Å². The molecule has 3 rings (SSSR count). The van der Waals surface area contributed by atoms with Crippen molar-refractivity contribution in [3.63, 3.8) is 0 Å². The van der Waals surface area contributed by atoms with Crippen LogP contribution in [-0.2, 0) is 0 Å². The van der Waals surface area contributed by atoms with Crippen LogP contribution in [0.5, 0.6) is 11.5 Å². The first kappa shape index (κ1) is 20.1. The van der Waals surface area contributed by atoms with Gasteiger partial charge in [0.15, 0.2) is 0 Å². The van der Waals surface area contributed by atoms with Crippen molar-refractivity contribution in [3.05, 3.63) is 65.9 Å². The number of methoxy groups -OCH3 is 1. The predicted molar refractivity (Wildman–Crippen MR) is 112 cm³/mol. The molecule has 0 fully saturated rings. The van der Waals surface area contributed by atoms with Crippen LogP contribution in [0.4, 0.5) is 0 Å². The smallest absolute Gasteiger partial charge is 0.289 e. The van der Waals surface area contributed by atoms with E-state index in [0.717, 1.165) is 29.0 Å². The maximum Gasteiger partial charge on any atom is 0.289 e. The van der Waals surface area contributed by atoms with Crippen molar-refractivity contribution in [2.45, 2.75) is 20.3 Å². The van der Waals surface area contributed by atoms with E-state index in [4.69, 9.17) is 9.47 Å². The summed E-state index contributed by atoms with van der Waals surface area (Å²) in [4.78, 5) is 12.4. The second kappa shape index (κ2) is 9.54. The molecule has 1 aromatic heterocycles. The van der Waals surface area contributed by atoms with Crippen molar-refractivity contribution < 1.29 is 14.3 Å². The van der Waals surface area contributed by atoms with Crippen molar-refractivity contribution in [2.24, 2.45) is 5.10 Å². The fraction of sp³-hybridized carbons (Fsp3) is 0.227. The zero-order valence-corrected chi connectivity index (χ0v) is 16.7. The van der Waals surface area contributed by atoms with Gasteiger partial charge in [-0.15, -0.1) is 0 Å². The Labute approximate surface area is 169 Å².